The predicted molar refractivity (Wildman–Crippen MR) is 152 cm³/mol. The number of benzene rings is 2. The van der Waals surface area contributed by atoms with E-state index in [-0.39, 0.29) is 16.2 Å². The standard InChI is InChI=1S/C30H32F5N3O5S/c1-4-21-16-29(33,27(40)36-20(3)9-12-26(39)37-17-30(34,35)18-37)13-14-38(21)44(41,42)25-11-10-22(43-28(31)32)15-24(25)23-8-6-5-7-19(23)2/h4-12,15,20-21,28H,1,13-14,16-18H2,2-3H3,(H,36,40)/b12-9+/t20-,21-,29+/m1/s1. The predicted octanol–water partition coefficient (Wildman–Crippen LogP) is 4.85. The number of halogens is 5. The molecule has 8 nitrogen and oxygen atoms in total. The topological polar surface area (TPSA) is 96.0 Å². The zero-order valence-electron chi connectivity index (χ0n) is 24.0. The van der Waals surface area contributed by atoms with Gasteiger partial charge in [0.25, 0.3) is 11.8 Å². The average Bonchev–Trinajstić information content (AvgIpc) is 2.94. The highest BCUT2D eigenvalue weighted by Gasteiger charge is 2.49. The van der Waals surface area contributed by atoms with Crippen molar-refractivity contribution in [1.29, 1.82) is 0 Å². The monoisotopic (exact) mass is 641 g/mol. The Morgan fingerprint density at radius 1 is 1.11 bits per heavy atom. The molecule has 0 aliphatic carbocycles. The van der Waals surface area contributed by atoms with Crippen LogP contribution in [-0.2, 0) is 19.6 Å². The number of rotatable bonds is 10. The summed E-state index contributed by atoms with van der Waals surface area (Å²) in [6, 6.07) is 8.23. The summed E-state index contributed by atoms with van der Waals surface area (Å²) in [5.74, 6) is -4.88. The second-order valence-electron chi connectivity index (χ2n) is 10.9. The van der Waals surface area contributed by atoms with E-state index in [1.165, 1.54) is 25.1 Å². The average molecular weight is 642 g/mol. The van der Waals surface area contributed by atoms with Gasteiger partial charge in [-0.05, 0) is 43.2 Å². The fourth-order valence-corrected chi connectivity index (χ4v) is 6.99. The van der Waals surface area contributed by atoms with Crippen LogP contribution in [-0.4, -0.2) is 79.4 Å². The molecule has 2 aliphatic rings. The molecule has 2 saturated heterocycles. The fourth-order valence-electron chi connectivity index (χ4n) is 5.20. The Morgan fingerprint density at radius 3 is 2.41 bits per heavy atom. The van der Waals surface area contributed by atoms with Gasteiger partial charge in [-0.2, -0.15) is 13.1 Å². The molecule has 2 aromatic rings. The second kappa shape index (κ2) is 12.7. The molecule has 2 fully saturated rings. The number of amides is 2. The lowest BCUT2D eigenvalue weighted by atomic mass is 9.88. The first-order valence-electron chi connectivity index (χ1n) is 13.7. The number of sulfonamides is 1. The molecule has 3 atom stereocenters. The van der Waals surface area contributed by atoms with Crippen molar-refractivity contribution in [2.24, 2.45) is 0 Å². The molecule has 0 saturated carbocycles. The molecule has 2 heterocycles. The van der Waals surface area contributed by atoms with Crippen molar-refractivity contribution in [1.82, 2.24) is 14.5 Å². The number of ether oxygens (including phenoxy) is 1. The Morgan fingerprint density at radius 2 is 1.80 bits per heavy atom. The van der Waals surface area contributed by atoms with Crippen LogP contribution < -0.4 is 10.1 Å². The molecule has 0 aromatic heterocycles. The minimum absolute atomic E-state index is 0.107. The van der Waals surface area contributed by atoms with Gasteiger partial charge in [-0.1, -0.05) is 36.4 Å². The maximum absolute atomic E-state index is 16.0. The highest BCUT2D eigenvalue weighted by Crippen LogP contribution is 2.39. The number of carbonyl (C=O) groups excluding carboxylic acids is 2. The van der Waals surface area contributed by atoms with E-state index in [4.69, 9.17) is 0 Å². The van der Waals surface area contributed by atoms with Gasteiger partial charge in [0.1, 0.15) is 5.75 Å². The highest BCUT2D eigenvalue weighted by molar-refractivity contribution is 7.89. The Bertz CT molecular complexity index is 1560. The van der Waals surface area contributed by atoms with Crippen molar-refractivity contribution in [2.75, 3.05) is 19.6 Å². The number of aryl methyl sites for hydroxylation is 1. The van der Waals surface area contributed by atoms with E-state index in [2.05, 4.69) is 16.6 Å². The molecule has 2 amide bonds. The number of carbonyl (C=O) groups is 2. The third-order valence-corrected chi connectivity index (χ3v) is 9.53. The van der Waals surface area contributed by atoms with Crippen molar-refractivity contribution in [2.45, 2.75) is 61.9 Å². The van der Waals surface area contributed by atoms with E-state index in [0.29, 0.717) is 11.1 Å². The van der Waals surface area contributed by atoms with Gasteiger partial charge >= 0.3 is 6.61 Å². The first-order chi connectivity index (χ1) is 20.6. The third-order valence-electron chi connectivity index (χ3n) is 7.55. The normalized spacial score (nSPS) is 22.8. The van der Waals surface area contributed by atoms with Crippen molar-refractivity contribution in [3.05, 3.63) is 72.8 Å². The minimum atomic E-state index is -4.38. The van der Waals surface area contributed by atoms with Crippen LogP contribution in [0, 0.1) is 6.92 Å². The molecule has 0 bridgehead atoms. The van der Waals surface area contributed by atoms with Gasteiger partial charge in [0.2, 0.25) is 15.9 Å². The van der Waals surface area contributed by atoms with Crippen molar-refractivity contribution < 1.29 is 44.7 Å². The second-order valence-corrected chi connectivity index (χ2v) is 12.7. The number of hydrogen-bond donors (Lipinski definition) is 1. The molecule has 2 aliphatic heterocycles. The van der Waals surface area contributed by atoms with E-state index in [9.17, 15) is 35.6 Å². The molecule has 44 heavy (non-hydrogen) atoms. The van der Waals surface area contributed by atoms with Crippen LogP contribution in [0.3, 0.4) is 0 Å². The van der Waals surface area contributed by atoms with Crippen LogP contribution >= 0.6 is 0 Å². The van der Waals surface area contributed by atoms with Crippen molar-refractivity contribution in [3.8, 4) is 16.9 Å². The van der Waals surface area contributed by atoms with E-state index in [1.54, 1.807) is 31.2 Å². The molecule has 14 heteroatoms. The van der Waals surface area contributed by atoms with Gasteiger partial charge in [0.05, 0.1) is 18.0 Å². The van der Waals surface area contributed by atoms with Gasteiger partial charge in [0.15, 0.2) is 5.67 Å². The summed E-state index contributed by atoms with van der Waals surface area (Å²) in [5.41, 5.74) is -1.26. The number of nitrogens with one attached hydrogen (secondary N) is 1. The van der Waals surface area contributed by atoms with Crippen molar-refractivity contribution in [3.63, 3.8) is 0 Å². The van der Waals surface area contributed by atoms with Crippen LogP contribution in [0.25, 0.3) is 11.1 Å². The number of nitrogens with zero attached hydrogens (tertiary/aromatic N) is 2. The summed E-state index contributed by atoms with van der Waals surface area (Å²) in [4.78, 5) is 25.7. The van der Waals surface area contributed by atoms with Gasteiger partial charge < -0.3 is 15.0 Å². The molecule has 0 unspecified atom stereocenters. The third kappa shape index (κ3) is 7.12. The molecular formula is C30H32F5N3O5S. The number of alkyl halides is 5. The van der Waals surface area contributed by atoms with Crippen LogP contribution in [0.15, 0.2) is 72.2 Å². The molecule has 4 rings (SSSR count). The van der Waals surface area contributed by atoms with Gasteiger partial charge in [-0.3, -0.25) is 9.59 Å². The lowest BCUT2D eigenvalue weighted by molar-refractivity contribution is -0.160. The van der Waals surface area contributed by atoms with Gasteiger partial charge in [-0.15, -0.1) is 6.58 Å². The molecular weight excluding hydrogens is 609 g/mol. The van der Waals surface area contributed by atoms with Gasteiger partial charge in [-0.25, -0.2) is 21.6 Å². The first-order valence-corrected chi connectivity index (χ1v) is 15.1. The SMILES string of the molecule is C=C[C@@H]1C[C@](F)(C(=O)N[C@H](C)/C=C/C(=O)N2CC(F)(F)C2)CCN1S(=O)(=O)c1ccc(OC(F)F)cc1-c1ccccc1C. The molecule has 0 radical (unpaired) electrons. The lowest BCUT2D eigenvalue weighted by Crippen LogP contribution is -2.58. The van der Waals surface area contributed by atoms with E-state index >= 15 is 4.39 Å². The maximum Gasteiger partial charge on any atom is 0.387 e. The summed E-state index contributed by atoms with van der Waals surface area (Å²) < 4.78 is 101. The smallest absolute Gasteiger partial charge is 0.387 e. The highest BCUT2D eigenvalue weighted by atomic mass is 32.2. The number of hydrogen-bond acceptors (Lipinski definition) is 5. The zero-order valence-corrected chi connectivity index (χ0v) is 24.8. The van der Waals surface area contributed by atoms with E-state index in [0.717, 1.165) is 27.4 Å². The first kappa shape index (κ1) is 33.1. The summed E-state index contributed by atoms with van der Waals surface area (Å²) >= 11 is 0. The number of piperidine rings is 1. The lowest BCUT2D eigenvalue weighted by Gasteiger charge is -2.40. The Labute approximate surface area is 252 Å². The Balaban J connectivity index is 1.53. The van der Waals surface area contributed by atoms with Crippen LogP contribution in [0.5, 0.6) is 5.75 Å². The van der Waals surface area contributed by atoms with Crippen LogP contribution in [0.4, 0.5) is 22.0 Å². The molecule has 0 spiro atoms. The van der Waals surface area contributed by atoms with E-state index in [1.807, 2.05) is 0 Å². The summed E-state index contributed by atoms with van der Waals surface area (Å²) in [6.45, 7) is 1.90. The largest absolute Gasteiger partial charge is 0.435 e. The Hall–Kier alpha value is -3.78. The van der Waals surface area contributed by atoms with Gasteiger partial charge in [0, 0.05) is 43.1 Å². The quantitative estimate of drug-likeness (QED) is 0.228. The molecule has 1 N–H and O–H groups in total. The van der Waals surface area contributed by atoms with Crippen LogP contribution in [0.1, 0.15) is 25.3 Å². The summed E-state index contributed by atoms with van der Waals surface area (Å²) in [6.07, 6.45) is 2.42. The molecule has 238 valence electrons. The number of likely N-dealkylation sites (tertiary alicyclic amines) is 1. The van der Waals surface area contributed by atoms with Crippen molar-refractivity contribution >= 4 is 21.8 Å². The summed E-state index contributed by atoms with van der Waals surface area (Å²) in [5, 5.41) is 2.43. The molecule has 2 aromatic carbocycles. The van der Waals surface area contributed by atoms with Crippen LogP contribution in [0.2, 0.25) is 0 Å². The zero-order chi connectivity index (χ0) is 32.4. The van der Waals surface area contributed by atoms with E-state index < -0.39 is 84.6 Å². The summed E-state index contributed by atoms with van der Waals surface area (Å²) in [7, 11) is -4.38. The fraction of sp³-hybridized carbons (Fsp3) is 0.400. The minimum Gasteiger partial charge on any atom is -0.435 e. The maximum atomic E-state index is 16.0. The Kier molecular flexibility index (Phi) is 9.54.